The highest BCUT2D eigenvalue weighted by molar-refractivity contribution is 14.0. The molecule has 0 spiro atoms. The van der Waals surface area contributed by atoms with Crippen LogP contribution in [0, 0.1) is 37.5 Å². The Morgan fingerprint density at radius 2 is 1.66 bits per heavy atom. The summed E-state index contributed by atoms with van der Waals surface area (Å²) in [7, 11) is 1.71. The largest absolute Gasteiger partial charge is 0.493 e. The van der Waals surface area contributed by atoms with Crippen LogP contribution in [0.2, 0.25) is 0 Å². The number of hydrogen-bond donors (Lipinski definition) is 2. The summed E-state index contributed by atoms with van der Waals surface area (Å²) >= 11 is 0. The summed E-state index contributed by atoms with van der Waals surface area (Å²) in [5.41, 5.74) is 2.29. The third-order valence-electron chi connectivity index (χ3n) is 6.68. The van der Waals surface area contributed by atoms with Gasteiger partial charge in [0.1, 0.15) is 5.75 Å². The van der Waals surface area contributed by atoms with Crippen LogP contribution < -0.4 is 15.4 Å². The van der Waals surface area contributed by atoms with Gasteiger partial charge >= 0.3 is 0 Å². The number of hydrogen-bond acceptors (Lipinski definition) is 4. The van der Waals surface area contributed by atoms with E-state index in [0.717, 1.165) is 29.7 Å². The van der Waals surface area contributed by atoms with Gasteiger partial charge in [-0.1, -0.05) is 30.4 Å². The van der Waals surface area contributed by atoms with Crippen LogP contribution in [0.3, 0.4) is 0 Å². The quantitative estimate of drug-likeness (QED) is 0.130. The number of rotatable bonds is 8. The lowest BCUT2D eigenvalue weighted by atomic mass is 9.85. The van der Waals surface area contributed by atoms with Gasteiger partial charge in [-0.15, -0.1) is 24.0 Å². The number of likely N-dealkylation sites (tertiary alicyclic amines) is 1. The third kappa shape index (κ3) is 4.79. The molecule has 1 saturated carbocycles. The highest BCUT2D eigenvalue weighted by Crippen LogP contribution is 2.52. The molecule has 7 nitrogen and oxygen atoms in total. The first kappa shape index (κ1) is 24.5. The summed E-state index contributed by atoms with van der Waals surface area (Å²) in [5, 5.41) is 6.46. The Kier molecular flexibility index (Phi) is 8.19. The van der Waals surface area contributed by atoms with E-state index in [4.69, 9.17) is 4.74 Å². The number of nitrogens with one attached hydrogen (secondary N) is 2. The van der Waals surface area contributed by atoms with Crippen LogP contribution in [0.15, 0.2) is 35.3 Å². The molecule has 1 heterocycles. The first-order valence-electron chi connectivity index (χ1n) is 11.2. The average Bonchev–Trinajstić information content (AvgIpc) is 3.43. The summed E-state index contributed by atoms with van der Waals surface area (Å²) in [6, 6.07) is 6.14. The summed E-state index contributed by atoms with van der Waals surface area (Å²) < 4.78 is 5.93. The second-order valence-electron chi connectivity index (χ2n) is 8.68. The van der Waals surface area contributed by atoms with E-state index >= 15 is 0 Å². The summed E-state index contributed by atoms with van der Waals surface area (Å²) in [5.74, 6) is 1.87. The van der Waals surface area contributed by atoms with E-state index in [-0.39, 0.29) is 59.5 Å². The number of allylic oxidation sites excluding steroid dienone is 2. The number of fused-ring (bicyclic) bond motifs is 5. The Bertz CT molecular complexity index is 866. The molecule has 1 aromatic carbocycles. The molecule has 2 amide bonds. The fourth-order valence-corrected chi connectivity index (χ4v) is 5.17. The standard InChI is InChI=1S/C24H32N4O3.HI/c1-15-6-4-7-16(2)21(15)31-13-5-10-26-24(25-3)27-11-12-28-22(29)19-17-8-9-18(14-17)20(19)23(28)30;/h4,6-9,17-20H,5,10-14H2,1-3H3,(H2,25,26,27);1H. The van der Waals surface area contributed by atoms with Crippen molar-refractivity contribution in [2.24, 2.45) is 28.7 Å². The molecule has 1 aromatic rings. The van der Waals surface area contributed by atoms with Gasteiger partial charge in [0.2, 0.25) is 11.8 Å². The summed E-state index contributed by atoms with van der Waals surface area (Å²) in [6.45, 7) is 6.29. The van der Waals surface area contributed by atoms with Crippen molar-refractivity contribution in [3.05, 3.63) is 41.5 Å². The molecule has 4 rings (SSSR count). The Morgan fingerprint density at radius 1 is 1.06 bits per heavy atom. The second kappa shape index (κ2) is 10.7. The maximum Gasteiger partial charge on any atom is 0.233 e. The molecule has 0 aromatic heterocycles. The van der Waals surface area contributed by atoms with E-state index in [2.05, 4.69) is 53.8 Å². The first-order chi connectivity index (χ1) is 15.0. The number of benzene rings is 1. The monoisotopic (exact) mass is 552 g/mol. The molecule has 4 atom stereocenters. The van der Waals surface area contributed by atoms with Crippen molar-refractivity contribution in [3.63, 3.8) is 0 Å². The number of aryl methyl sites for hydroxylation is 2. The zero-order chi connectivity index (χ0) is 22.0. The number of ether oxygens (including phenoxy) is 1. The average molecular weight is 552 g/mol. The Morgan fingerprint density at radius 3 is 2.25 bits per heavy atom. The molecule has 174 valence electrons. The smallest absolute Gasteiger partial charge is 0.233 e. The third-order valence-corrected chi connectivity index (χ3v) is 6.68. The Hall–Kier alpha value is -2.10. The minimum Gasteiger partial charge on any atom is -0.493 e. The maximum atomic E-state index is 12.7. The lowest BCUT2D eigenvalue weighted by Gasteiger charge is -2.18. The van der Waals surface area contributed by atoms with Crippen LogP contribution >= 0.6 is 24.0 Å². The number of guanidine groups is 1. The summed E-state index contributed by atoms with van der Waals surface area (Å²) in [4.78, 5) is 31.1. The van der Waals surface area contributed by atoms with Crippen LogP contribution in [-0.4, -0.2) is 56.0 Å². The van der Waals surface area contributed by atoms with Crippen molar-refractivity contribution in [1.82, 2.24) is 15.5 Å². The van der Waals surface area contributed by atoms with E-state index in [0.29, 0.717) is 32.2 Å². The van der Waals surface area contributed by atoms with Crippen LogP contribution in [0.5, 0.6) is 5.75 Å². The number of amides is 2. The molecule has 2 bridgehead atoms. The summed E-state index contributed by atoms with van der Waals surface area (Å²) in [6.07, 6.45) is 6.03. The fourth-order valence-electron chi connectivity index (χ4n) is 5.17. The van der Waals surface area contributed by atoms with Crippen molar-refractivity contribution >= 4 is 41.8 Å². The van der Waals surface area contributed by atoms with Gasteiger partial charge in [0.15, 0.2) is 5.96 Å². The van der Waals surface area contributed by atoms with Gasteiger partial charge in [0.25, 0.3) is 0 Å². The minimum atomic E-state index is -0.128. The predicted molar refractivity (Wildman–Crippen MR) is 135 cm³/mol. The predicted octanol–water partition coefficient (Wildman–Crippen LogP) is 2.66. The lowest BCUT2D eigenvalue weighted by molar-refractivity contribution is -0.140. The Balaban J connectivity index is 0.00000289. The molecule has 2 fully saturated rings. The van der Waals surface area contributed by atoms with Gasteiger partial charge in [-0.3, -0.25) is 19.5 Å². The lowest BCUT2D eigenvalue weighted by Crippen LogP contribution is -2.44. The highest BCUT2D eigenvalue weighted by Gasteiger charge is 2.58. The number of halogens is 1. The van der Waals surface area contributed by atoms with Crippen molar-refractivity contribution < 1.29 is 14.3 Å². The molecule has 3 aliphatic rings. The maximum absolute atomic E-state index is 12.7. The van der Waals surface area contributed by atoms with Gasteiger partial charge in [-0.05, 0) is 49.7 Å². The number of imide groups is 1. The molecule has 32 heavy (non-hydrogen) atoms. The topological polar surface area (TPSA) is 83.0 Å². The van der Waals surface area contributed by atoms with Gasteiger partial charge in [0, 0.05) is 26.7 Å². The number of para-hydroxylation sites is 1. The van der Waals surface area contributed by atoms with Crippen LogP contribution in [0.25, 0.3) is 0 Å². The van der Waals surface area contributed by atoms with Crippen molar-refractivity contribution in [2.75, 3.05) is 33.3 Å². The van der Waals surface area contributed by atoms with E-state index in [9.17, 15) is 9.59 Å². The van der Waals surface area contributed by atoms with Crippen molar-refractivity contribution in [2.45, 2.75) is 26.7 Å². The van der Waals surface area contributed by atoms with E-state index in [1.165, 1.54) is 4.90 Å². The molecular formula is C24H33IN4O3. The van der Waals surface area contributed by atoms with E-state index in [1.54, 1.807) is 7.05 Å². The van der Waals surface area contributed by atoms with Gasteiger partial charge < -0.3 is 15.4 Å². The highest BCUT2D eigenvalue weighted by atomic mass is 127. The zero-order valence-electron chi connectivity index (χ0n) is 19.0. The molecule has 0 radical (unpaired) electrons. The Labute approximate surface area is 207 Å². The van der Waals surface area contributed by atoms with Gasteiger partial charge in [-0.2, -0.15) is 0 Å². The molecule has 2 N–H and O–H groups in total. The second-order valence-corrected chi connectivity index (χ2v) is 8.68. The molecule has 1 saturated heterocycles. The molecule has 2 aliphatic carbocycles. The molecular weight excluding hydrogens is 519 g/mol. The van der Waals surface area contributed by atoms with Crippen molar-refractivity contribution in [1.29, 1.82) is 0 Å². The van der Waals surface area contributed by atoms with Crippen molar-refractivity contribution in [3.8, 4) is 5.75 Å². The number of carbonyl (C=O) groups excluding carboxylic acids is 2. The van der Waals surface area contributed by atoms with Gasteiger partial charge in [-0.25, -0.2) is 0 Å². The van der Waals surface area contributed by atoms with Crippen LogP contribution in [0.4, 0.5) is 0 Å². The van der Waals surface area contributed by atoms with E-state index < -0.39 is 0 Å². The number of nitrogens with zero attached hydrogens (tertiary/aromatic N) is 2. The normalized spacial score (nSPS) is 25.7. The van der Waals surface area contributed by atoms with Crippen LogP contribution in [-0.2, 0) is 9.59 Å². The fraction of sp³-hybridized carbons (Fsp3) is 0.542. The first-order valence-corrected chi connectivity index (χ1v) is 11.2. The van der Waals surface area contributed by atoms with E-state index in [1.807, 2.05) is 6.07 Å². The number of carbonyl (C=O) groups is 2. The molecule has 8 heteroatoms. The minimum absolute atomic E-state index is 0. The van der Waals surface area contributed by atoms with Crippen LogP contribution in [0.1, 0.15) is 24.0 Å². The SMILES string of the molecule is CN=C(NCCCOc1c(C)cccc1C)NCCN1C(=O)C2C3C=CC(C3)C2C1=O.I. The molecule has 1 aliphatic heterocycles. The molecule has 4 unspecified atom stereocenters. The van der Waals surface area contributed by atoms with Gasteiger partial charge in [0.05, 0.1) is 18.4 Å². The number of aliphatic imine (C=N–C) groups is 1. The zero-order valence-corrected chi connectivity index (χ0v) is 21.3.